The number of carboxylic acids is 1. The van der Waals surface area contributed by atoms with E-state index in [0.717, 1.165) is 32.4 Å². The van der Waals surface area contributed by atoms with Crippen LogP contribution in [0.5, 0.6) is 0 Å². The standard InChI is InChI=1S/C22H25NO2S/c1-2-16-8-3-4-10-19(16)20-11-7-9-17-14-18(26-22(17)20)15-23-13-6-5-12-21(24)25/h3-4,7-11,14,23H,2,5-6,12-13,15H2,1H3,(H,24,25). The minimum absolute atomic E-state index is 0.255. The second-order valence-electron chi connectivity index (χ2n) is 6.47. The van der Waals surface area contributed by atoms with Crippen molar-refractivity contribution < 1.29 is 9.90 Å². The Balaban J connectivity index is 1.72. The molecule has 136 valence electrons. The minimum Gasteiger partial charge on any atom is -0.481 e. The molecule has 26 heavy (non-hydrogen) atoms. The van der Waals surface area contributed by atoms with Crippen LogP contribution in [0.4, 0.5) is 0 Å². The molecule has 1 heterocycles. The van der Waals surface area contributed by atoms with Gasteiger partial charge in [0.15, 0.2) is 0 Å². The average molecular weight is 368 g/mol. The number of hydrogen-bond acceptors (Lipinski definition) is 3. The van der Waals surface area contributed by atoms with Crippen molar-refractivity contribution in [3.8, 4) is 11.1 Å². The molecule has 4 heteroatoms. The monoisotopic (exact) mass is 367 g/mol. The van der Waals surface area contributed by atoms with Crippen LogP contribution in [0.2, 0.25) is 0 Å². The third kappa shape index (κ3) is 4.51. The van der Waals surface area contributed by atoms with E-state index in [-0.39, 0.29) is 6.42 Å². The Bertz CT molecular complexity index is 885. The van der Waals surface area contributed by atoms with Crippen molar-refractivity contribution in [1.82, 2.24) is 5.32 Å². The molecule has 0 saturated carbocycles. The number of thiophene rings is 1. The molecule has 3 nitrogen and oxygen atoms in total. The molecule has 0 atom stereocenters. The highest BCUT2D eigenvalue weighted by Gasteiger charge is 2.10. The second kappa shape index (κ2) is 8.97. The van der Waals surface area contributed by atoms with Crippen LogP contribution in [0.3, 0.4) is 0 Å². The fourth-order valence-corrected chi connectivity index (χ4v) is 4.40. The molecule has 0 aliphatic carbocycles. The van der Waals surface area contributed by atoms with Gasteiger partial charge in [-0.25, -0.2) is 0 Å². The lowest BCUT2D eigenvalue weighted by Gasteiger charge is -2.08. The molecule has 3 aromatic rings. The maximum absolute atomic E-state index is 10.5. The highest BCUT2D eigenvalue weighted by molar-refractivity contribution is 7.19. The molecule has 0 amide bonds. The van der Waals surface area contributed by atoms with Gasteiger partial charge in [-0.1, -0.05) is 49.4 Å². The number of aliphatic carboxylic acids is 1. The Morgan fingerprint density at radius 3 is 2.69 bits per heavy atom. The molecule has 0 saturated heterocycles. The predicted molar refractivity (Wildman–Crippen MR) is 110 cm³/mol. The van der Waals surface area contributed by atoms with Crippen LogP contribution in [0, 0.1) is 0 Å². The largest absolute Gasteiger partial charge is 0.481 e. The highest BCUT2D eigenvalue weighted by Crippen LogP contribution is 2.36. The number of hydrogen-bond donors (Lipinski definition) is 2. The first kappa shape index (κ1) is 18.6. The number of unbranched alkanes of at least 4 members (excludes halogenated alkanes) is 1. The highest BCUT2D eigenvalue weighted by atomic mass is 32.1. The van der Waals surface area contributed by atoms with Gasteiger partial charge in [0.05, 0.1) is 0 Å². The first-order valence-electron chi connectivity index (χ1n) is 9.21. The quantitative estimate of drug-likeness (QED) is 0.493. The minimum atomic E-state index is -0.714. The zero-order valence-electron chi connectivity index (χ0n) is 15.1. The van der Waals surface area contributed by atoms with Crippen LogP contribution >= 0.6 is 11.3 Å². The van der Waals surface area contributed by atoms with Crippen molar-refractivity contribution in [3.63, 3.8) is 0 Å². The molecule has 0 unspecified atom stereocenters. The molecule has 0 aliphatic rings. The van der Waals surface area contributed by atoms with Crippen molar-refractivity contribution in [2.45, 2.75) is 39.2 Å². The van der Waals surface area contributed by atoms with Crippen LogP contribution in [-0.2, 0) is 17.8 Å². The lowest BCUT2D eigenvalue weighted by molar-refractivity contribution is -0.137. The predicted octanol–water partition coefficient (Wildman–Crippen LogP) is 5.48. The van der Waals surface area contributed by atoms with Gasteiger partial charge in [-0.15, -0.1) is 11.3 Å². The average Bonchev–Trinajstić information content (AvgIpc) is 3.07. The molecule has 3 rings (SSSR count). The van der Waals surface area contributed by atoms with Gasteiger partial charge >= 0.3 is 5.97 Å². The summed E-state index contributed by atoms with van der Waals surface area (Å²) in [6, 6.07) is 17.4. The van der Waals surface area contributed by atoms with E-state index in [0.29, 0.717) is 0 Å². The normalized spacial score (nSPS) is 11.1. The number of carboxylic acid groups (broad SMARTS) is 1. The maximum atomic E-state index is 10.5. The summed E-state index contributed by atoms with van der Waals surface area (Å²) in [6.07, 6.45) is 2.91. The van der Waals surface area contributed by atoms with Gasteiger partial charge in [0.1, 0.15) is 0 Å². The van der Waals surface area contributed by atoms with Crippen LogP contribution in [0.1, 0.15) is 36.6 Å². The van der Waals surface area contributed by atoms with Crippen LogP contribution in [0.25, 0.3) is 21.2 Å². The number of carbonyl (C=O) groups is 1. The number of rotatable bonds is 9. The lowest BCUT2D eigenvalue weighted by atomic mass is 9.97. The van der Waals surface area contributed by atoms with Gasteiger partial charge in [0.25, 0.3) is 0 Å². The van der Waals surface area contributed by atoms with E-state index in [4.69, 9.17) is 5.11 Å². The molecule has 1 aromatic heterocycles. The van der Waals surface area contributed by atoms with E-state index in [1.54, 1.807) is 0 Å². The van der Waals surface area contributed by atoms with Crippen molar-refractivity contribution >= 4 is 27.4 Å². The van der Waals surface area contributed by atoms with E-state index >= 15 is 0 Å². The molecule has 2 N–H and O–H groups in total. The SMILES string of the molecule is CCc1ccccc1-c1cccc2cc(CNCCCCC(=O)O)sc12. The molecular formula is C22H25NO2S. The van der Waals surface area contributed by atoms with Gasteiger partial charge in [0.2, 0.25) is 0 Å². The summed E-state index contributed by atoms with van der Waals surface area (Å²) in [7, 11) is 0. The summed E-state index contributed by atoms with van der Waals surface area (Å²) in [4.78, 5) is 11.8. The molecule has 2 aromatic carbocycles. The number of fused-ring (bicyclic) bond motifs is 1. The van der Waals surface area contributed by atoms with Crippen LogP contribution in [0.15, 0.2) is 48.5 Å². The Hall–Kier alpha value is -2.17. The Kier molecular flexibility index (Phi) is 6.42. The Morgan fingerprint density at radius 1 is 1.08 bits per heavy atom. The number of aryl methyl sites for hydroxylation is 1. The molecular weight excluding hydrogens is 342 g/mol. The van der Waals surface area contributed by atoms with Crippen LogP contribution in [-0.4, -0.2) is 17.6 Å². The van der Waals surface area contributed by atoms with Crippen LogP contribution < -0.4 is 5.32 Å². The summed E-state index contributed by atoms with van der Waals surface area (Å²) in [5.74, 6) is -0.714. The van der Waals surface area contributed by atoms with Gasteiger partial charge < -0.3 is 10.4 Å². The second-order valence-corrected chi connectivity index (χ2v) is 7.61. The first-order chi connectivity index (χ1) is 12.7. The first-order valence-corrected chi connectivity index (χ1v) is 10.0. The van der Waals surface area contributed by atoms with E-state index in [1.807, 2.05) is 11.3 Å². The third-order valence-electron chi connectivity index (χ3n) is 4.58. The van der Waals surface area contributed by atoms with E-state index in [9.17, 15) is 4.79 Å². The smallest absolute Gasteiger partial charge is 0.303 e. The Labute approximate surface area is 158 Å². The zero-order valence-corrected chi connectivity index (χ0v) is 15.9. The van der Waals surface area contributed by atoms with Gasteiger partial charge in [-0.3, -0.25) is 4.79 Å². The maximum Gasteiger partial charge on any atom is 0.303 e. The Morgan fingerprint density at radius 2 is 1.88 bits per heavy atom. The number of benzene rings is 2. The number of nitrogens with one attached hydrogen (secondary N) is 1. The van der Waals surface area contributed by atoms with Crippen molar-refractivity contribution in [3.05, 3.63) is 59.0 Å². The summed E-state index contributed by atoms with van der Waals surface area (Å²) < 4.78 is 1.34. The van der Waals surface area contributed by atoms with Crippen molar-refractivity contribution in [2.24, 2.45) is 0 Å². The third-order valence-corrected chi connectivity index (χ3v) is 5.76. The molecule has 0 fully saturated rings. The fourth-order valence-electron chi connectivity index (χ4n) is 3.24. The summed E-state index contributed by atoms with van der Waals surface area (Å²) in [5, 5.41) is 13.4. The molecule has 0 aliphatic heterocycles. The fraction of sp³-hybridized carbons (Fsp3) is 0.318. The molecule has 0 bridgehead atoms. The lowest BCUT2D eigenvalue weighted by Crippen LogP contribution is -2.14. The molecule has 0 spiro atoms. The van der Waals surface area contributed by atoms with E-state index in [2.05, 4.69) is 60.8 Å². The summed E-state index contributed by atoms with van der Waals surface area (Å²) in [6.45, 7) is 3.89. The van der Waals surface area contributed by atoms with Gasteiger partial charge in [-0.05, 0) is 54.0 Å². The summed E-state index contributed by atoms with van der Waals surface area (Å²) >= 11 is 1.85. The van der Waals surface area contributed by atoms with Crippen molar-refractivity contribution in [1.29, 1.82) is 0 Å². The zero-order chi connectivity index (χ0) is 18.4. The topological polar surface area (TPSA) is 49.3 Å². The van der Waals surface area contributed by atoms with E-state index in [1.165, 1.54) is 31.7 Å². The van der Waals surface area contributed by atoms with Gasteiger partial charge in [0, 0.05) is 22.5 Å². The van der Waals surface area contributed by atoms with Crippen molar-refractivity contribution in [2.75, 3.05) is 6.54 Å². The van der Waals surface area contributed by atoms with Gasteiger partial charge in [-0.2, -0.15) is 0 Å². The van der Waals surface area contributed by atoms with E-state index < -0.39 is 5.97 Å². The molecule has 0 radical (unpaired) electrons. The summed E-state index contributed by atoms with van der Waals surface area (Å²) in [5.41, 5.74) is 4.03.